The number of rotatable bonds is 3. The minimum atomic E-state index is -0.789. The van der Waals surface area contributed by atoms with Crippen LogP contribution in [0.1, 0.15) is 26.7 Å². The standard InChI is InChI=1S/C12H19NO4/c1-4-5-17-12(16)13-8(2)6-10(11(14)15)7-9(13)3/h4,8-10H,1,5-7H2,2-3H3,(H,14,15)/t8-,9+,10?. The van der Waals surface area contributed by atoms with Crippen molar-refractivity contribution >= 4 is 12.1 Å². The van der Waals surface area contributed by atoms with E-state index in [1.807, 2.05) is 13.8 Å². The molecule has 0 aromatic carbocycles. The molecule has 5 heteroatoms. The number of ether oxygens (including phenoxy) is 1. The van der Waals surface area contributed by atoms with E-state index in [9.17, 15) is 9.59 Å². The van der Waals surface area contributed by atoms with Crippen LogP contribution >= 0.6 is 0 Å². The number of carboxylic acid groups (broad SMARTS) is 1. The van der Waals surface area contributed by atoms with Crippen LogP contribution in [0.5, 0.6) is 0 Å². The van der Waals surface area contributed by atoms with Crippen LogP contribution in [-0.2, 0) is 9.53 Å². The molecule has 1 heterocycles. The summed E-state index contributed by atoms with van der Waals surface area (Å²) in [6.07, 6.45) is 2.07. The molecule has 1 fully saturated rings. The minimum Gasteiger partial charge on any atom is -0.481 e. The highest BCUT2D eigenvalue weighted by molar-refractivity contribution is 5.72. The lowest BCUT2D eigenvalue weighted by molar-refractivity contribution is -0.144. The van der Waals surface area contributed by atoms with Gasteiger partial charge in [-0.1, -0.05) is 12.7 Å². The number of nitrogens with zero attached hydrogens (tertiary/aromatic N) is 1. The first-order valence-corrected chi connectivity index (χ1v) is 5.76. The first-order chi connectivity index (χ1) is 7.97. The number of carbonyl (C=O) groups excluding carboxylic acids is 1. The van der Waals surface area contributed by atoms with Gasteiger partial charge in [-0.2, -0.15) is 0 Å². The second kappa shape index (κ2) is 5.70. The van der Waals surface area contributed by atoms with Gasteiger partial charge in [0.1, 0.15) is 6.61 Å². The first-order valence-electron chi connectivity index (χ1n) is 5.76. The fourth-order valence-electron chi connectivity index (χ4n) is 2.35. The molecule has 0 aromatic heterocycles. The maximum Gasteiger partial charge on any atom is 0.410 e. The summed E-state index contributed by atoms with van der Waals surface area (Å²) in [5, 5.41) is 8.99. The summed E-state index contributed by atoms with van der Waals surface area (Å²) in [7, 11) is 0. The Bertz CT molecular complexity index is 304. The number of likely N-dealkylation sites (tertiary alicyclic amines) is 1. The zero-order chi connectivity index (χ0) is 13.0. The van der Waals surface area contributed by atoms with Crippen molar-refractivity contribution in [3.63, 3.8) is 0 Å². The monoisotopic (exact) mass is 241 g/mol. The molecule has 0 aliphatic carbocycles. The highest BCUT2D eigenvalue weighted by Gasteiger charge is 2.37. The van der Waals surface area contributed by atoms with E-state index in [1.54, 1.807) is 4.90 Å². The van der Waals surface area contributed by atoms with Crippen molar-refractivity contribution < 1.29 is 19.4 Å². The van der Waals surface area contributed by atoms with Gasteiger partial charge >= 0.3 is 12.1 Å². The summed E-state index contributed by atoms with van der Waals surface area (Å²) in [6, 6.07) is -0.227. The second-order valence-corrected chi connectivity index (χ2v) is 4.48. The molecule has 0 bridgehead atoms. The van der Waals surface area contributed by atoms with Crippen molar-refractivity contribution in [1.82, 2.24) is 4.90 Å². The summed E-state index contributed by atoms with van der Waals surface area (Å²) in [5.74, 6) is -1.16. The third kappa shape index (κ3) is 3.22. The first kappa shape index (κ1) is 13.5. The van der Waals surface area contributed by atoms with E-state index >= 15 is 0 Å². The summed E-state index contributed by atoms with van der Waals surface area (Å²) in [5.41, 5.74) is 0. The Balaban J connectivity index is 2.65. The van der Waals surface area contributed by atoms with Crippen LogP contribution in [0.25, 0.3) is 0 Å². The van der Waals surface area contributed by atoms with E-state index in [0.717, 1.165) is 0 Å². The van der Waals surface area contributed by atoms with Gasteiger partial charge in [0, 0.05) is 12.1 Å². The number of hydrogen-bond acceptors (Lipinski definition) is 3. The highest BCUT2D eigenvalue weighted by Crippen LogP contribution is 2.28. The number of carboxylic acids is 1. The fraction of sp³-hybridized carbons (Fsp3) is 0.667. The predicted molar refractivity (Wildman–Crippen MR) is 62.7 cm³/mol. The Labute approximate surface area is 101 Å². The molecule has 1 rings (SSSR count). The van der Waals surface area contributed by atoms with Gasteiger partial charge in [0.2, 0.25) is 0 Å². The van der Waals surface area contributed by atoms with Gasteiger partial charge in [-0.25, -0.2) is 4.79 Å². The Kier molecular flexibility index (Phi) is 4.54. The third-order valence-corrected chi connectivity index (χ3v) is 3.09. The Morgan fingerprint density at radius 2 is 1.94 bits per heavy atom. The van der Waals surface area contributed by atoms with Crippen molar-refractivity contribution in [2.45, 2.75) is 38.8 Å². The van der Waals surface area contributed by atoms with Crippen LogP contribution in [0.2, 0.25) is 0 Å². The summed E-state index contributed by atoms with van der Waals surface area (Å²) >= 11 is 0. The number of hydrogen-bond donors (Lipinski definition) is 1. The lowest BCUT2D eigenvalue weighted by Crippen LogP contribution is -2.51. The number of carbonyl (C=O) groups is 2. The van der Waals surface area contributed by atoms with E-state index in [-0.39, 0.29) is 24.6 Å². The van der Waals surface area contributed by atoms with Crippen molar-refractivity contribution in [3.05, 3.63) is 12.7 Å². The largest absolute Gasteiger partial charge is 0.481 e. The van der Waals surface area contributed by atoms with Crippen LogP contribution in [0.3, 0.4) is 0 Å². The number of amides is 1. The summed E-state index contributed by atoms with van der Waals surface area (Å²) in [6.45, 7) is 7.35. The van der Waals surface area contributed by atoms with Crippen LogP contribution in [0.4, 0.5) is 4.79 Å². The van der Waals surface area contributed by atoms with Crippen molar-refractivity contribution in [3.8, 4) is 0 Å². The lowest BCUT2D eigenvalue weighted by Gasteiger charge is -2.40. The van der Waals surface area contributed by atoms with Crippen LogP contribution in [0.15, 0.2) is 12.7 Å². The van der Waals surface area contributed by atoms with Crippen molar-refractivity contribution in [2.24, 2.45) is 5.92 Å². The Hall–Kier alpha value is -1.52. The highest BCUT2D eigenvalue weighted by atomic mass is 16.6. The quantitative estimate of drug-likeness (QED) is 0.766. The molecule has 5 nitrogen and oxygen atoms in total. The SMILES string of the molecule is C=CCOC(=O)N1[C@H](C)CC(C(=O)O)C[C@@H]1C. The normalized spacial score (nSPS) is 28.6. The molecule has 0 aromatic rings. The van der Waals surface area contributed by atoms with E-state index in [2.05, 4.69) is 6.58 Å². The molecule has 1 saturated heterocycles. The van der Waals surface area contributed by atoms with Crippen LogP contribution in [0, 0.1) is 5.92 Å². The number of aliphatic carboxylic acids is 1. The van der Waals surface area contributed by atoms with E-state index in [0.29, 0.717) is 12.8 Å². The molecule has 1 N–H and O–H groups in total. The van der Waals surface area contributed by atoms with E-state index in [1.165, 1.54) is 6.08 Å². The molecule has 17 heavy (non-hydrogen) atoms. The zero-order valence-corrected chi connectivity index (χ0v) is 10.3. The van der Waals surface area contributed by atoms with Crippen LogP contribution in [-0.4, -0.2) is 40.8 Å². The van der Waals surface area contributed by atoms with Gasteiger partial charge in [-0.15, -0.1) is 0 Å². The molecule has 96 valence electrons. The number of piperidine rings is 1. The molecule has 0 radical (unpaired) electrons. The lowest BCUT2D eigenvalue weighted by atomic mass is 9.87. The van der Waals surface area contributed by atoms with E-state index < -0.39 is 12.1 Å². The van der Waals surface area contributed by atoms with Crippen molar-refractivity contribution in [2.75, 3.05) is 6.61 Å². The maximum absolute atomic E-state index is 11.8. The van der Waals surface area contributed by atoms with E-state index in [4.69, 9.17) is 9.84 Å². The van der Waals surface area contributed by atoms with Crippen LogP contribution < -0.4 is 0 Å². The zero-order valence-electron chi connectivity index (χ0n) is 10.3. The Morgan fingerprint density at radius 1 is 1.41 bits per heavy atom. The molecular weight excluding hydrogens is 222 g/mol. The topological polar surface area (TPSA) is 66.8 Å². The Morgan fingerprint density at radius 3 is 2.35 bits per heavy atom. The average Bonchev–Trinajstić information content (AvgIpc) is 2.25. The third-order valence-electron chi connectivity index (χ3n) is 3.09. The average molecular weight is 241 g/mol. The molecule has 1 amide bonds. The van der Waals surface area contributed by atoms with Gasteiger partial charge in [0.05, 0.1) is 5.92 Å². The molecule has 0 saturated carbocycles. The smallest absolute Gasteiger partial charge is 0.410 e. The minimum absolute atomic E-state index is 0.114. The van der Waals surface area contributed by atoms with Gasteiger partial charge in [-0.3, -0.25) is 4.79 Å². The fourth-order valence-corrected chi connectivity index (χ4v) is 2.35. The van der Waals surface area contributed by atoms with Gasteiger partial charge in [0.25, 0.3) is 0 Å². The molecule has 0 spiro atoms. The van der Waals surface area contributed by atoms with Gasteiger partial charge in [-0.05, 0) is 26.7 Å². The molecule has 1 aliphatic heterocycles. The summed E-state index contributed by atoms with van der Waals surface area (Å²) in [4.78, 5) is 24.3. The molecule has 1 aliphatic rings. The second-order valence-electron chi connectivity index (χ2n) is 4.48. The van der Waals surface area contributed by atoms with Gasteiger partial charge < -0.3 is 14.7 Å². The predicted octanol–water partition coefficient (Wildman–Crippen LogP) is 1.88. The molecular formula is C12H19NO4. The molecule has 3 atom stereocenters. The van der Waals surface area contributed by atoms with Crippen molar-refractivity contribution in [1.29, 1.82) is 0 Å². The molecule has 1 unspecified atom stereocenters. The maximum atomic E-state index is 11.8. The van der Waals surface area contributed by atoms with Gasteiger partial charge in [0.15, 0.2) is 0 Å². The summed E-state index contributed by atoms with van der Waals surface area (Å²) < 4.78 is 4.99.